The van der Waals surface area contributed by atoms with Crippen molar-refractivity contribution < 1.29 is 4.39 Å². The van der Waals surface area contributed by atoms with Crippen LogP contribution in [0.15, 0.2) is 30.5 Å². The van der Waals surface area contributed by atoms with Crippen molar-refractivity contribution in [3.05, 3.63) is 41.8 Å². The standard InChI is InChI=1S/C13H16FN3/c1-15-8-7-10-9-16-17(2)13(10)11-5-3-4-6-12(11)14/h3-6,9,15H,7-8H2,1-2H3. The van der Waals surface area contributed by atoms with Crippen molar-refractivity contribution in [2.24, 2.45) is 7.05 Å². The lowest BCUT2D eigenvalue weighted by molar-refractivity contribution is 0.627. The second-order valence-electron chi connectivity index (χ2n) is 3.98. The van der Waals surface area contributed by atoms with Gasteiger partial charge in [0.05, 0.1) is 11.9 Å². The number of hydrogen-bond donors (Lipinski definition) is 1. The average molecular weight is 233 g/mol. The van der Waals surface area contributed by atoms with E-state index in [4.69, 9.17) is 0 Å². The molecule has 0 unspecified atom stereocenters. The first kappa shape index (κ1) is 11.8. The van der Waals surface area contributed by atoms with Gasteiger partial charge in [0.2, 0.25) is 0 Å². The van der Waals surface area contributed by atoms with Crippen LogP contribution < -0.4 is 5.32 Å². The Morgan fingerprint density at radius 3 is 2.82 bits per heavy atom. The van der Waals surface area contributed by atoms with Crippen LogP contribution in [0.5, 0.6) is 0 Å². The lowest BCUT2D eigenvalue weighted by atomic mass is 10.1. The van der Waals surface area contributed by atoms with Gasteiger partial charge in [0.1, 0.15) is 5.82 Å². The predicted octanol–water partition coefficient (Wildman–Crippen LogP) is 1.99. The molecule has 2 rings (SSSR count). The normalized spacial score (nSPS) is 10.8. The molecule has 0 saturated heterocycles. The third-order valence-electron chi connectivity index (χ3n) is 2.79. The first-order valence-electron chi connectivity index (χ1n) is 5.64. The molecule has 0 aliphatic heterocycles. The molecule has 0 saturated carbocycles. The lowest BCUT2D eigenvalue weighted by Gasteiger charge is -2.07. The molecule has 4 heteroatoms. The first-order valence-corrected chi connectivity index (χ1v) is 5.64. The van der Waals surface area contributed by atoms with Crippen molar-refractivity contribution >= 4 is 0 Å². The van der Waals surface area contributed by atoms with E-state index in [0.29, 0.717) is 5.56 Å². The Morgan fingerprint density at radius 1 is 1.35 bits per heavy atom. The van der Waals surface area contributed by atoms with E-state index < -0.39 is 0 Å². The topological polar surface area (TPSA) is 29.9 Å². The van der Waals surface area contributed by atoms with Gasteiger partial charge in [0, 0.05) is 12.6 Å². The zero-order valence-electron chi connectivity index (χ0n) is 10.1. The Morgan fingerprint density at radius 2 is 2.12 bits per heavy atom. The van der Waals surface area contributed by atoms with E-state index in [1.165, 1.54) is 6.07 Å². The van der Waals surface area contributed by atoms with Crippen molar-refractivity contribution in [2.45, 2.75) is 6.42 Å². The van der Waals surface area contributed by atoms with Crippen molar-refractivity contribution in [1.82, 2.24) is 15.1 Å². The molecule has 17 heavy (non-hydrogen) atoms. The van der Waals surface area contributed by atoms with E-state index in [1.54, 1.807) is 23.0 Å². The molecule has 0 aliphatic rings. The number of nitrogens with one attached hydrogen (secondary N) is 1. The summed E-state index contributed by atoms with van der Waals surface area (Å²) in [6.07, 6.45) is 2.65. The quantitative estimate of drug-likeness (QED) is 0.875. The molecule has 0 bridgehead atoms. The highest BCUT2D eigenvalue weighted by Gasteiger charge is 2.13. The number of nitrogens with zero attached hydrogens (tertiary/aromatic N) is 2. The Labute approximate surface area is 100 Å². The number of aromatic nitrogens is 2. The fourth-order valence-corrected chi connectivity index (χ4v) is 1.93. The van der Waals surface area contributed by atoms with Crippen LogP contribution in [0.25, 0.3) is 11.3 Å². The highest BCUT2D eigenvalue weighted by atomic mass is 19.1. The van der Waals surface area contributed by atoms with Gasteiger partial charge in [-0.25, -0.2) is 4.39 Å². The van der Waals surface area contributed by atoms with Gasteiger partial charge in [-0.05, 0) is 37.7 Å². The average Bonchev–Trinajstić information content (AvgIpc) is 2.69. The molecule has 0 radical (unpaired) electrons. The van der Waals surface area contributed by atoms with Gasteiger partial charge in [-0.1, -0.05) is 12.1 Å². The zero-order valence-corrected chi connectivity index (χ0v) is 10.1. The van der Waals surface area contributed by atoms with E-state index in [1.807, 2.05) is 20.2 Å². The van der Waals surface area contributed by atoms with Crippen molar-refractivity contribution in [1.29, 1.82) is 0 Å². The van der Waals surface area contributed by atoms with Crippen LogP contribution in [-0.4, -0.2) is 23.4 Å². The number of hydrogen-bond acceptors (Lipinski definition) is 2. The molecular formula is C13H16FN3. The van der Waals surface area contributed by atoms with Gasteiger partial charge in [-0.3, -0.25) is 4.68 Å². The SMILES string of the molecule is CNCCc1cnn(C)c1-c1ccccc1F. The molecule has 0 atom stereocenters. The second-order valence-corrected chi connectivity index (χ2v) is 3.98. The number of benzene rings is 1. The van der Waals surface area contributed by atoms with Gasteiger partial charge < -0.3 is 5.32 Å². The van der Waals surface area contributed by atoms with Crippen LogP contribution in [0.4, 0.5) is 4.39 Å². The number of halogens is 1. The fourth-order valence-electron chi connectivity index (χ4n) is 1.93. The molecule has 1 heterocycles. The summed E-state index contributed by atoms with van der Waals surface area (Å²) in [7, 11) is 3.74. The summed E-state index contributed by atoms with van der Waals surface area (Å²) in [5.74, 6) is -0.207. The molecule has 1 aromatic carbocycles. The summed E-state index contributed by atoms with van der Waals surface area (Å²) in [5, 5.41) is 7.30. The molecule has 0 aliphatic carbocycles. The minimum atomic E-state index is -0.207. The Hall–Kier alpha value is -1.68. The monoisotopic (exact) mass is 233 g/mol. The van der Waals surface area contributed by atoms with Gasteiger partial charge >= 0.3 is 0 Å². The van der Waals surface area contributed by atoms with E-state index in [9.17, 15) is 4.39 Å². The molecule has 1 N–H and O–H groups in total. The van der Waals surface area contributed by atoms with Crippen molar-refractivity contribution in [2.75, 3.05) is 13.6 Å². The largest absolute Gasteiger partial charge is 0.319 e. The smallest absolute Gasteiger partial charge is 0.132 e. The van der Waals surface area contributed by atoms with E-state index in [0.717, 1.165) is 24.2 Å². The van der Waals surface area contributed by atoms with Crippen LogP contribution in [-0.2, 0) is 13.5 Å². The molecule has 0 fully saturated rings. The third kappa shape index (κ3) is 2.36. The van der Waals surface area contributed by atoms with Gasteiger partial charge in [0.25, 0.3) is 0 Å². The maximum Gasteiger partial charge on any atom is 0.132 e. The molecule has 90 valence electrons. The zero-order chi connectivity index (χ0) is 12.3. The van der Waals surface area contributed by atoms with Crippen LogP contribution in [0, 0.1) is 5.82 Å². The minimum absolute atomic E-state index is 0.207. The van der Waals surface area contributed by atoms with Gasteiger partial charge in [-0.2, -0.15) is 5.10 Å². The number of aryl methyl sites for hydroxylation is 1. The summed E-state index contributed by atoms with van der Waals surface area (Å²) in [6, 6.07) is 6.80. The second kappa shape index (κ2) is 5.10. The summed E-state index contributed by atoms with van der Waals surface area (Å²) in [4.78, 5) is 0. The molecule has 0 amide bonds. The summed E-state index contributed by atoms with van der Waals surface area (Å²) in [6.45, 7) is 0.854. The van der Waals surface area contributed by atoms with E-state index in [2.05, 4.69) is 10.4 Å². The van der Waals surface area contributed by atoms with Crippen LogP contribution in [0.1, 0.15) is 5.56 Å². The molecule has 2 aromatic rings. The first-order chi connectivity index (χ1) is 8.24. The lowest BCUT2D eigenvalue weighted by Crippen LogP contribution is -2.10. The Kier molecular flexibility index (Phi) is 3.54. The Bertz CT molecular complexity index is 505. The number of rotatable bonds is 4. The van der Waals surface area contributed by atoms with Crippen LogP contribution >= 0.6 is 0 Å². The van der Waals surface area contributed by atoms with Crippen molar-refractivity contribution in [3.8, 4) is 11.3 Å². The van der Waals surface area contributed by atoms with E-state index in [-0.39, 0.29) is 5.82 Å². The highest BCUT2D eigenvalue weighted by Crippen LogP contribution is 2.25. The highest BCUT2D eigenvalue weighted by molar-refractivity contribution is 5.64. The van der Waals surface area contributed by atoms with Gasteiger partial charge in [-0.15, -0.1) is 0 Å². The predicted molar refractivity (Wildman–Crippen MR) is 66.2 cm³/mol. The van der Waals surface area contributed by atoms with E-state index >= 15 is 0 Å². The summed E-state index contributed by atoms with van der Waals surface area (Å²) < 4.78 is 15.5. The molecule has 0 spiro atoms. The van der Waals surface area contributed by atoms with Crippen LogP contribution in [0.2, 0.25) is 0 Å². The number of likely N-dealkylation sites (N-methyl/N-ethyl adjacent to an activating group) is 1. The van der Waals surface area contributed by atoms with Gasteiger partial charge in [0.15, 0.2) is 0 Å². The maximum absolute atomic E-state index is 13.8. The summed E-state index contributed by atoms with van der Waals surface area (Å²) >= 11 is 0. The fraction of sp³-hybridized carbons (Fsp3) is 0.308. The van der Waals surface area contributed by atoms with Crippen LogP contribution in [0.3, 0.4) is 0 Å². The minimum Gasteiger partial charge on any atom is -0.319 e. The van der Waals surface area contributed by atoms with Crippen molar-refractivity contribution in [3.63, 3.8) is 0 Å². The Balaban J connectivity index is 2.44. The molecule has 3 nitrogen and oxygen atoms in total. The molecular weight excluding hydrogens is 217 g/mol. The molecule has 1 aromatic heterocycles. The maximum atomic E-state index is 13.8. The summed E-state index contributed by atoms with van der Waals surface area (Å²) in [5.41, 5.74) is 2.53. The third-order valence-corrected chi connectivity index (χ3v) is 2.79.